The molecule has 1 unspecified atom stereocenters. The molecule has 0 saturated heterocycles. The van der Waals surface area contributed by atoms with Gasteiger partial charge in [-0.15, -0.1) is 0 Å². The van der Waals surface area contributed by atoms with Crippen molar-refractivity contribution >= 4 is 17.5 Å². The molecular weight excluding hydrogens is 376 g/mol. The Bertz CT molecular complexity index is 956. The van der Waals surface area contributed by atoms with Crippen LogP contribution in [0.1, 0.15) is 30.5 Å². The van der Waals surface area contributed by atoms with Crippen LogP contribution in [0.25, 0.3) is 0 Å². The minimum absolute atomic E-state index is 0.0718. The average molecular weight is 405 g/mol. The van der Waals surface area contributed by atoms with Gasteiger partial charge >= 0.3 is 0 Å². The zero-order chi connectivity index (χ0) is 22.1. The van der Waals surface area contributed by atoms with E-state index in [-0.39, 0.29) is 17.4 Å². The Labute approximate surface area is 177 Å². The number of nitrogens with one attached hydrogen (secondary N) is 2. The number of anilines is 1. The van der Waals surface area contributed by atoms with E-state index in [1.807, 2.05) is 57.2 Å². The van der Waals surface area contributed by atoms with Crippen molar-refractivity contribution in [2.24, 2.45) is 11.7 Å². The van der Waals surface area contributed by atoms with Crippen molar-refractivity contribution in [1.29, 1.82) is 5.26 Å². The summed E-state index contributed by atoms with van der Waals surface area (Å²) in [7, 11) is 0. The van der Waals surface area contributed by atoms with E-state index >= 15 is 0 Å². The SMILES string of the molecule is Cc1ccc(CNC(=O)C(N)Cc2cccc(NC(=O)C(C#N)=CC(C)C)c2)cc1. The standard InChI is InChI=1S/C24H28N4O2/c1-16(2)11-20(14-25)23(29)28-21-6-4-5-19(12-21)13-22(26)24(30)27-15-18-9-7-17(3)8-10-18/h4-12,16,22H,13,15,26H2,1-3H3,(H,27,30)(H,28,29). The van der Waals surface area contributed by atoms with Crippen LogP contribution in [0.15, 0.2) is 60.2 Å². The second-order valence-corrected chi connectivity index (χ2v) is 7.60. The quantitative estimate of drug-likeness (QED) is 0.464. The third-order valence-corrected chi connectivity index (χ3v) is 4.43. The molecule has 4 N–H and O–H groups in total. The first-order valence-corrected chi connectivity index (χ1v) is 9.89. The molecule has 30 heavy (non-hydrogen) atoms. The third-order valence-electron chi connectivity index (χ3n) is 4.43. The lowest BCUT2D eigenvalue weighted by Crippen LogP contribution is -2.41. The molecule has 0 aliphatic rings. The maximum Gasteiger partial charge on any atom is 0.265 e. The number of benzene rings is 2. The summed E-state index contributed by atoms with van der Waals surface area (Å²) >= 11 is 0. The normalized spacial score (nSPS) is 12.2. The third kappa shape index (κ3) is 7.19. The maximum absolute atomic E-state index is 12.3. The van der Waals surface area contributed by atoms with Gasteiger partial charge in [0.25, 0.3) is 5.91 Å². The summed E-state index contributed by atoms with van der Waals surface area (Å²) < 4.78 is 0. The minimum Gasteiger partial charge on any atom is -0.351 e. The second kappa shape index (κ2) is 10.9. The molecule has 0 heterocycles. The molecule has 2 aromatic carbocycles. The molecule has 0 saturated carbocycles. The van der Waals surface area contributed by atoms with Gasteiger partial charge in [0.15, 0.2) is 0 Å². The van der Waals surface area contributed by atoms with Crippen LogP contribution in [0.5, 0.6) is 0 Å². The van der Waals surface area contributed by atoms with Gasteiger partial charge in [-0.3, -0.25) is 9.59 Å². The summed E-state index contributed by atoms with van der Waals surface area (Å²) in [4.78, 5) is 24.6. The highest BCUT2D eigenvalue weighted by atomic mass is 16.2. The van der Waals surface area contributed by atoms with E-state index in [0.29, 0.717) is 18.7 Å². The Morgan fingerprint density at radius 3 is 2.47 bits per heavy atom. The van der Waals surface area contributed by atoms with Crippen LogP contribution in [0.3, 0.4) is 0 Å². The van der Waals surface area contributed by atoms with E-state index < -0.39 is 11.9 Å². The average Bonchev–Trinajstić information content (AvgIpc) is 2.71. The maximum atomic E-state index is 12.3. The summed E-state index contributed by atoms with van der Waals surface area (Å²) in [5.41, 5.74) is 9.67. The van der Waals surface area contributed by atoms with Gasteiger partial charge in [0.05, 0.1) is 6.04 Å². The summed E-state index contributed by atoms with van der Waals surface area (Å²) in [5.74, 6) is -0.603. The number of nitrogens with two attached hydrogens (primary N) is 1. The van der Waals surface area contributed by atoms with Crippen LogP contribution in [0, 0.1) is 24.2 Å². The fourth-order valence-electron chi connectivity index (χ4n) is 2.84. The van der Waals surface area contributed by atoms with E-state index in [1.54, 1.807) is 24.3 Å². The van der Waals surface area contributed by atoms with E-state index in [2.05, 4.69) is 10.6 Å². The molecule has 0 aliphatic carbocycles. The molecule has 2 aromatic rings. The van der Waals surface area contributed by atoms with Crippen LogP contribution >= 0.6 is 0 Å². The number of carbonyl (C=O) groups is 2. The zero-order valence-corrected chi connectivity index (χ0v) is 17.6. The predicted octanol–water partition coefficient (Wildman–Crippen LogP) is 3.23. The van der Waals surface area contributed by atoms with Crippen LogP contribution < -0.4 is 16.4 Å². The number of nitrogens with zero attached hydrogens (tertiary/aromatic N) is 1. The minimum atomic E-state index is -0.711. The van der Waals surface area contributed by atoms with Crippen molar-refractivity contribution in [2.45, 2.75) is 39.8 Å². The largest absolute Gasteiger partial charge is 0.351 e. The number of hydrogen-bond acceptors (Lipinski definition) is 4. The number of aryl methyl sites for hydroxylation is 1. The Balaban J connectivity index is 1.95. The molecule has 6 heteroatoms. The lowest BCUT2D eigenvalue weighted by Gasteiger charge is -2.13. The fourth-order valence-corrected chi connectivity index (χ4v) is 2.84. The van der Waals surface area contributed by atoms with Gasteiger partial charge in [-0.2, -0.15) is 5.26 Å². The van der Waals surface area contributed by atoms with E-state index in [0.717, 1.165) is 16.7 Å². The smallest absolute Gasteiger partial charge is 0.265 e. The molecule has 0 bridgehead atoms. The van der Waals surface area contributed by atoms with Gasteiger partial charge in [0, 0.05) is 12.2 Å². The van der Waals surface area contributed by atoms with Gasteiger partial charge in [-0.25, -0.2) is 0 Å². The first-order valence-electron chi connectivity index (χ1n) is 9.89. The monoisotopic (exact) mass is 404 g/mol. The molecule has 1 atom stereocenters. The Morgan fingerprint density at radius 2 is 1.83 bits per heavy atom. The van der Waals surface area contributed by atoms with Crippen LogP contribution in [-0.2, 0) is 22.6 Å². The lowest BCUT2D eigenvalue weighted by molar-refractivity contribution is -0.122. The molecular formula is C24H28N4O2. The molecule has 156 valence electrons. The van der Waals surface area contributed by atoms with E-state index in [1.165, 1.54) is 0 Å². The molecule has 6 nitrogen and oxygen atoms in total. The topological polar surface area (TPSA) is 108 Å². The summed E-state index contributed by atoms with van der Waals surface area (Å²) in [5, 5.41) is 14.7. The molecule has 0 aromatic heterocycles. The molecule has 2 amide bonds. The number of hydrogen-bond donors (Lipinski definition) is 3. The summed E-state index contributed by atoms with van der Waals surface area (Å²) in [6, 6.07) is 16.3. The predicted molar refractivity (Wildman–Crippen MR) is 118 cm³/mol. The number of nitriles is 1. The summed E-state index contributed by atoms with van der Waals surface area (Å²) in [6.07, 6.45) is 1.95. The van der Waals surface area contributed by atoms with Crippen molar-refractivity contribution in [3.05, 3.63) is 76.9 Å². The highest BCUT2D eigenvalue weighted by Gasteiger charge is 2.15. The first-order chi connectivity index (χ1) is 14.3. The number of amides is 2. The van der Waals surface area contributed by atoms with Gasteiger partial charge in [0.2, 0.25) is 5.91 Å². The Kier molecular flexibility index (Phi) is 8.33. The van der Waals surface area contributed by atoms with Crippen LogP contribution in [0.4, 0.5) is 5.69 Å². The van der Waals surface area contributed by atoms with Crippen molar-refractivity contribution in [2.75, 3.05) is 5.32 Å². The van der Waals surface area contributed by atoms with Crippen molar-refractivity contribution in [1.82, 2.24) is 5.32 Å². The Hall–Kier alpha value is -3.43. The van der Waals surface area contributed by atoms with Crippen molar-refractivity contribution in [3.63, 3.8) is 0 Å². The first kappa shape index (κ1) is 22.9. The van der Waals surface area contributed by atoms with E-state index in [9.17, 15) is 9.59 Å². The van der Waals surface area contributed by atoms with Gasteiger partial charge < -0.3 is 16.4 Å². The molecule has 0 spiro atoms. The Morgan fingerprint density at radius 1 is 1.13 bits per heavy atom. The second-order valence-electron chi connectivity index (χ2n) is 7.60. The molecule has 0 aliphatic heterocycles. The number of rotatable bonds is 8. The van der Waals surface area contributed by atoms with Gasteiger partial charge in [-0.1, -0.05) is 61.9 Å². The molecule has 2 rings (SSSR count). The highest BCUT2D eigenvalue weighted by molar-refractivity contribution is 6.06. The molecule has 0 radical (unpaired) electrons. The number of carbonyl (C=O) groups excluding carboxylic acids is 2. The molecule has 0 fully saturated rings. The fraction of sp³-hybridized carbons (Fsp3) is 0.292. The van der Waals surface area contributed by atoms with Gasteiger partial charge in [0.1, 0.15) is 11.6 Å². The van der Waals surface area contributed by atoms with Crippen molar-refractivity contribution in [3.8, 4) is 6.07 Å². The van der Waals surface area contributed by atoms with E-state index in [4.69, 9.17) is 11.0 Å². The van der Waals surface area contributed by atoms with Crippen LogP contribution in [0.2, 0.25) is 0 Å². The van der Waals surface area contributed by atoms with Crippen LogP contribution in [-0.4, -0.2) is 17.9 Å². The zero-order valence-electron chi connectivity index (χ0n) is 17.6. The van der Waals surface area contributed by atoms with Gasteiger partial charge in [-0.05, 0) is 42.5 Å². The number of allylic oxidation sites excluding steroid dienone is 1. The summed E-state index contributed by atoms with van der Waals surface area (Å²) in [6.45, 7) is 6.23. The van der Waals surface area contributed by atoms with Crippen molar-refractivity contribution < 1.29 is 9.59 Å². The lowest BCUT2D eigenvalue weighted by atomic mass is 10.0. The highest BCUT2D eigenvalue weighted by Crippen LogP contribution is 2.14.